The average molecular weight is 286 g/mol. The number of aliphatic hydroxyl groups is 1. The summed E-state index contributed by atoms with van der Waals surface area (Å²) in [4.78, 5) is 11.7. The summed E-state index contributed by atoms with van der Waals surface area (Å²) in [5.74, 6) is 2.28. The van der Waals surface area contributed by atoms with E-state index < -0.39 is 0 Å². The number of hydrogen-bond acceptors (Lipinski definition) is 5. The van der Waals surface area contributed by atoms with Crippen LogP contribution in [0.1, 0.15) is 19.8 Å². The third-order valence-corrected chi connectivity index (χ3v) is 3.94. The van der Waals surface area contributed by atoms with Gasteiger partial charge in [0, 0.05) is 25.0 Å². The zero-order valence-corrected chi connectivity index (χ0v) is 12.4. The number of aliphatic hydroxyl groups excluding tert-OH is 1. The Hall–Kier alpha value is -1.88. The minimum absolute atomic E-state index is 0.0917. The van der Waals surface area contributed by atoms with Crippen LogP contribution in [0.25, 0.3) is 10.9 Å². The minimum Gasteiger partial charge on any atom is -0.395 e. The molecule has 2 N–H and O–H groups in total. The highest BCUT2D eigenvalue weighted by molar-refractivity contribution is 5.90. The summed E-state index contributed by atoms with van der Waals surface area (Å²) in [7, 11) is 0. The predicted molar refractivity (Wildman–Crippen MR) is 85.7 cm³/mol. The number of rotatable bonds is 4. The molecule has 3 rings (SSSR count). The maximum Gasteiger partial charge on any atom is 0.227 e. The van der Waals surface area contributed by atoms with Gasteiger partial charge in [-0.3, -0.25) is 0 Å². The molecule has 1 fully saturated rings. The lowest BCUT2D eigenvalue weighted by atomic mass is 10.0. The van der Waals surface area contributed by atoms with Crippen LogP contribution in [0.4, 0.5) is 11.8 Å². The fraction of sp³-hybridized carbons (Fsp3) is 0.500. The van der Waals surface area contributed by atoms with Crippen LogP contribution in [0, 0.1) is 5.92 Å². The maximum atomic E-state index is 9.04. The Labute approximate surface area is 125 Å². The van der Waals surface area contributed by atoms with E-state index in [4.69, 9.17) is 10.1 Å². The smallest absolute Gasteiger partial charge is 0.227 e. The second-order valence-corrected chi connectivity index (χ2v) is 5.73. The Morgan fingerprint density at radius 1 is 1.33 bits per heavy atom. The molecule has 0 saturated carbocycles. The summed E-state index contributed by atoms with van der Waals surface area (Å²) in [6.45, 7) is 4.89. The first kappa shape index (κ1) is 14.1. The first-order valence-electron chi connectivity index (χ1n) is 7.64. The van der Waals surface area contributed by atoms with Crippen LogP contribution in [-0.4, -0.2) is 41.3 Å². The monoisotopic (exact) mass is 286 g/mol. The van der Waals surface area contributed by atoms with Crippen molar-refractivity contribution in [2.75, 3.05) is 36.5 Å². The number of nitrogens with one attached hydrogen (secondary N) is 1. The van der Waals surface area contributed by atoms with Crippen LogP contribution in [0.5, 0.6) is 0 Å². The van der Waals surface area contributed by atoms with Crippen LogP contribution in [0.3, 0.4) is 0 Å². The number of benzene rings is 1. The number of nitrogens with zero attached hydrogens (tertiary/aromatic N) is 3. The van der Waals surface area contributed by atoms with Crippen LogP contribution in [0.15, 0.2) is 24.3 Å². The SMILES string of the molecule is C[C@@H]1CCCN(c2nc(NCCO)c3ccccc3n2)C1. The second kappa shape index (κ2) is 6.26. The van der Waals surface area contributed by atoms with E-state index in [0.29, 0.717) is 12.5 Å². The first-order valence-corrected chi connectivity index (χ1v) is 7.64. The van der Waals surface area contributed by atoms with Crippen molar-refractivity contribution in [1.29, 1.82) is 0 Å². The predicted octanol–water partition coefficient (Wildman–Crippen LogP) is 2.27. The molecular weight excluding hydrogens is 264 g/mol. The molecule has 1 aromatic heterocycles. The van der Waals surface area contributed by atoms with Gasteiger partial charge in [0.2, 0.25) is 5.95 Å². The lowest BCUT2D eigenvalue weighted by Gasteiger charge is -2.31. The van der Waals surface area contributed by atoms with Gasteiger partial charge in [0.05, 0.1) is 12.1 Å². The molecule has 112 valence electrons. The quantitative estimate of drug-likeness (QED) is 0.903. The zero-order valence-electron chi connectivity index (χ0n) is 12.4. The average Bonchev–Trinajstić information content (AvgIpc) is 2.52. The summed E-state index contributed by atoms with van der Waals surface area (Å²) in [6, 6.07) is 8.00. The molecule has 1 atom stereocenters. The van der Waals surface area contributed by atoms with Gasteiger partial charge >= 0.3 is 0 Å². The molecular formula is C16H22N4O. The number of piperidine rings is 1. The molecule has 0 radical (unpaired) electrons. The van der Waals surface area contributed by atoms with E-state index >= 15 is 0 Å². The van der Waals surface area contributed by atoms with Crippen molar-refractivity contribution in [3.8, 4) is 0 Å². The molecule has 0 spiro atoms. The summed E-state index contributed by atoms with van der Waals surface area (Å²) in [5.41, 5.74) is 0.946. The summed E-state index contributed by atoms with van der Waals surface area (Å²) in [5, 5.41) is 13.2. The fourth-order valence-corrected chi connectivity index (χ4v) is 2.89. The lowest BCUT2D eigenvalue weighted by molar-refractivity contribution is 0.311. The molecule has 1 saturated heterocycles. The van der Waals surface area contributed by atoms with Crippen molar-refractivity contribution in [1.82, 2.24) is 9.97 Å². The standard InChI is InChI=1S/C16H22N4O/c1-12-5-4-9-20(11-12)16-18-14-7-3-2-6-13(14)15(19-16)17-8-10-21/h2-3,6-7,12,21H,4-5,8-11H2,1H3,(H,17,18,19)/t12-/m1/s1. The molecule has 5 heteroatoms. The van der Waals surface area contributed by atoms with Crippen molar-refractivity contribution >= 4 is 22.7 Å². The summed E-state index contributed by atoms with van der Waals surface area (Å²) < 4.78 is 0. The van der Waals surface area contributed by atoms with Gasteiger partial charge in [-0.1, -0.05) is 19.1 Å². The van der Waals surface area contributed by atoms with E-state index in [0.717, 1.165) is 35.8 Å². The van der Waals surface area contributed by atoms with Crippen LogP contribution >= 0.6 is 0 Å². The van der Waals surface area contributed by atoms with E-state index in [1.165, 1.54) is 12.8 Å². The highest BCUT2D eigenvalue weighted by Crippen LogP contribution is 2.26. The van der Waals surface area contributed by atoms with Crippen molar-refractivity contribution in [2.24, 2.45) is 5.92 Å². The van der Waals surface area contributed by atoms with E-state index in [9.17, 15) is 0 Å². The van der Waals surface area contributed by atoms with Crippen LogP contribution in [0.2, 0.25) is 0 Å². The molecule has 21 heavy (non-hydrogen) atoms. The number of anilines is 2. The van der Waals surface area contributed by atoms with Crippen molar-refractivity contribution < 1.29 is 5.11 Å². The molecule has 1 aliphatic rings. The van der Waals surface area contributed by atoms with E-state index in [-0.39, 0.29) is 6.61 Å². The van der Waals surface area contributed by atoms with Gasteiger partial charge in [0.15, 0.2) is 0 Å². The Balaban J connectivity index is 1.98. The maximum absolute atomic E-state index is 9.04. The molecule has 2 heterocycles. The normalized spacial score (nSPS) is 19.0. The van der Waals surface area contributed by atoms with Gasteiger partial charge in [-0.2, -0.15) is 4.98 Å². The largest absolute Gasteiger partial charge is 0.395 e. The minimum atomic E-state index is 0.0917. The van der Waals surface area contributed by atoms with Gasteiger partial charge in [0.25, 0.3) is 0 Å². The van der Waals surface area contributed by atoms with Crippen LogP contribution < -0.4 is 10.2 Å². The fourth-order valence-electron chi connectivity index (χ4n) is 2.89. The van der Waals surface area contributed by atoms with Gasteiger partial charge in [-0.05, 0) is 30.9 Å². The van der Waals surface area contributed by atoms with Crippen molar-refractivity contribution in [3.63, 3.8) is 0 Å². The molecule has 0 amide bonds. The summed E-state index contributed by atoms with van der Waals surface area (Å²) in [6.07, 6.45) is 2.47. The molecule has 2 aromatic rings. The molecule has 0 bridgehead atoms. The zero-order chi connectivity index (χ0) is 14.7. The number of para-hydroxylation sites is 1. The van der Waals surface area contributed by atoms with Crippen molar-refractivity contribution in [2.45, 2.75) is 19.8 Å². The number of fused-ring (bicyclic) bond motifs is 1. The highest BCUT2D eigenvalue weighted by Gasteiger charge is 2.20. The van der Waals surface area contributed by atoms with E-state index in [1.54, 1.807) is 0 Å². The van der Waals surface area contributed by atoms with Gasteiger partial charge in [-0.15, -0.1) is 0 Å². The molecule has 1 aliphatic heterocycles. The van der Waals surface area contributed by atoms with Gasteiger partial charge in [0.1, 0.15) is 5.82 Å². The Morgan fingerprint density at radius 3 is 3.00 bits per heavy atom. The highest BCUT2D eigenvalue weighted by atomic mass is 16.3. The van der Waals surface area contributed by atoms with Gasteiger partial charge in [-0.25, -0.2) is 4.98 Å². The number of aromatic nitrogens is 2. The third kappa shape index (κ3) is 3.08. The van der Waals surface area contributed by atoms with Crippen LogP contribution in [-0.2, 0) is 0 Å². The Bertz CT molecular complexity index is 616. The third-order valence-electron chi connectivity index (χ3n) is 3.94. The lowest BCUT2D eigenvalue weighted by Crippen LogP contribution is -2.35. The molecule has 5 nitrogen and oxygen atoms in total. The van der Waals surface area contributed by atoms with E-state index in [1.807, 2.05) is 24.3 Å². The second-order valence-electron chi connectivity index (χ2n) is 5.73. The Morgan fingerprint density at radius 2 is 2.19 bits per heavy atom. The first-order chi connectivity index (χ1) is 10.3. The molecule has 0 aliphatic carbocycles. The van der Waals surface area contributed by atoms with E-state index in [2.05, 4.69) is 22.1 Å². The van der Waals surface area contributed by atoms with Crippen molar-refractivity contribution in [3.05, 3.63) is 24.3 Å². The molecule has 0 unspecified atom stereocenters. The van der Waals surface area contributed by atoms with Gasteiger partial charge < -0.3 is 15.3 Å². The number of hydrogen-bond donors (Lipinski definition) is 2. The molecule has 1 aromatic carbocycles. The summed E-state index contributed by atoms with van der Waals surface area (Å²) >= 11 is 0. The Kier molecular flexibility index (Phi) is 4.20. The topological polar surface area (TPSA) is 61.3 Å².